The summed E-state index contributed by atoms with van der Waals surface area (Å²) < 4.78 is 10.9. The molecule has 2 atom stereocenters. The van der Waals surface area contributed by atoms with Crippen LogP contribution in [0.25, 0.3) is 12.2 Å². The highest BCUT2D eigenvalue weighted by atomic mass is 16.5. The zero-order valence-corrected chi connectivity index (χ0v) is 36.3. The van der Waals surface area contributed by atoms with Crippen LogP contribution >= 0.6 is 0 Å². The Balaban J connectivity index is 0.968. The van der Waals surface area contributed by atoms with Gasteiger partial charge in [0.1, 0.15) is 11.5 Å². The van der Waals surface area contributed by atoms with E-state index in [1.807, 2.05) is 24.3 Å². The van der Waals surface area contributed by atoms with Gasteiger partial charge in [0.25, 0.3) is 23.6 Å². The van der Waals surface area contributed by atoms with Crippen molar-refractivity contribution >= 4 is 59.1 Å². The average Bonchev–Trinajstić information content (AvgIpc) is 3.57. The summed E-state index contributed by atoms with van der Waals surface area (Å²) in [5, 5.41) is 0. The Labute approximate surface area is 361 Å². The summed E-state index contributed by atoms with van der Waals surface area (Å²) in [6.45, 7) is 21.8. The summed E-state index contributed by atoms with van der Waals surface area (Å²) >= 11 is 0. The summed E-state index contributed by atoms with van der Waals surface area (Å²) in [6.07, 6.45) is 7.53. The highest BCUT2D eigenvalue weighted by molar-refractivity contribution is 6.36. The third-order valence-electron chi connectivity index (χ3n) is 12.6. The van der Waals surface area contributed by atoms with Crippen LogP contribution in [-0.4, -0.2) is 35.6 Å². The molecule has 4 aromatic carbocycles. The maximum absolute atomic E-state index is 14.0. The lowest BCUT2D eigenvalue weighted by molar-refractivity contribution is -0.130. The predicted molar refractivity (Wildman–Crippen MR) is 239 cm³/mol. The van der Waals surface area contributed by atoms with E-state index in [-0.39, 0.29) is 46.6 Å². The minimum Gasteiger partial charge on any atom is -0.423 e. The predicted octanol–water partition coefficient (Wildman–Crippen LogP) is 10.1. The lowest BCUT2D eigenvalue weighted by Crippen LogP contribution is -2.30. The molecule has 0 saturated heterocycles. The van der Waals surface area contributed by atoms with Gasteiger partial charge >= 0.3 is 11.9 Å². The SMILES string of the molecule is C=C(C)C(=O)Oc1cc(C)c(N2C(=O)c3cc4c(cc3C2=O)CC(CC[C@H]2Cc3cc5c(cc3C=C2C)C(=O)N(c2c(C)cc(OC(=O)C(=C)C)cc2C)C5=O)C(C)=C4)c(C)c1. The van der Waals surface area contributed by atoms with E-state index in [4.69, 9.17) is 9.47 Å². The lowest BCUT2D eigenvalue weighted by Gasteiger charge is -2.29. The van der Waals surface area contributed by atoms with Gasteiger partial charge in [-0.05, 0) is 186 Å². The van der Waals surface area contributed by atoms with Gasteiger partial charge in [-0.1, -0.05) is 36.5 Å². The number of rotatable bonds is 9. The first kappa shape index (κ1) is 41.8. The van der Waals surface area contributed by atoms with Crippen molar-refractivity contribution in [2.45, 2.75) is 81.1 Å². The number of fused-ring (bicyclic) bond motifs is 4. The van der Waals surface area contributed by atoms with E-state index in [0.29, 0.717) is 67.4 Å². The van der Waals surface area contributed by atoms with Crippen molar-refractivity contribution in [1.82, 2.24) is 0 Å². The summed E-state index contributed by atoms with van der Waals surface area (Å²) in [7, 11) is 0. The van der Waals surface area contributed by atoms with Crippen LogP contribution in [0.5, 0.6) is 11.5 Å². The highest BCUT2D eigenvalue weighted by Crippen LogP contribution is 2.43. The second kappa shape index (κ2) is 15.5. The molecule has 4 aliphatic rings. The van der Waals surface area contributed by atoms with Crippen molar-refractivity contribution in [3.63, 3.8) is 0 Å². The Morgan fingerprint density at radius 2 is 0.839 bits per heavy atom. The van der Waals surface area contributed by atoms with Gasteiger partial charge in [-0.15, -0.1) is 0 Å². The minimum atomic E-state index is -0.551. The van der Waals surface area contributed by atoms with Crippen LogP contribution in [-0.2, 0) is 22.4 Å². The van der Waals surface area contributed by atoms with E-state index in [1.165, 1.54) is 20.9 Å². The largest absolute Gasteiger partial charge is 0.423 e. The fourth-order valence-electron chi connectivity index (χ4n) is 9.41. The number of imide groups is 2. The molecule has 0 N–H and O–H groups in total. The van der Waals surface area contributed by atoms with Crippen LogP contribution in [0.1, 0.15) is 126 Å². The Bertz CT molecular complexity index is 2620. The number of aryl methyl sites for hydroxylation is 4. The zero-order valence-electron chi connectivity index (χ0n) is 36.3. The third-order valence-corrected chi connectivity index (χ3v) is 12.6. The van der Waals surface area contributed by atoms with E-state index in [1.54, 1.807) is 65.8 Å². The van der Waals surface area contributed by atoms with Crippen LogP contribution in [0.2, 0.25) is 0 Å². The molecule has 314 valence electrons. The molecule has 0 saturated carbocycles. The van der Waals surface area contributed by atoms with Gasteiger partial charge in [0.2, 0.25) is 0 Å². The van der Waals surface area contributed by atoms with Crippen LogP contribution in [0.4, 0.5) is 11.4 Å². The first-order chi connectivity index (χ1) is 29.3. The van der Waals surface area contributed by atoms with Crippen LogP contribution in [0.3, 0.4) is 0 Å². The van der Waals surface area contributed by atoms with Gasteiger partial charge in [-0.3, -0.25) is 19.2 Å². The number of carbonyl (C=O) groups is 6. The fourth-order valence-corrected chi connectivity index (χ4v) is 9.41. The average molecular weight is 829 g/mol. The Morgan fingerprint density at radius 1 is 0.532 bits per heavy atom. The van der Waals surface area contributed by atoms with Gasteiger partial charge in [-0.2, -0.15) is 0 Å². The van der Waals surface area contributed by atoms with E-state index in [0.717, 1.165) is 47.9 Å². The van der Waals surface area contributed by atoms with Crippen LogP contribution < -0.4 is 19.3 Å². The Kier molecular flexibility index (Phi) is 10.5. The zero-order chi connectivity index (χ0) is 44.6. The molecule has 4 aromatic rings. The van der Waals surface area contributed by atoms with Crippen molar-refractivity contribution in [2.75, 3.05) is 9.80 Å². The second-order valence-corrected chi connectivity index (χ2v) is 17.4. The van der Waals surface area contributed by atoms with Gasteiger partial charge in [-0.25, -0.2) is 19.4 Å². The number of amides is 4. The quantitative estimate of drug-likeness (QED) is 0.0706. The second-order valence-electron chi connectivity index (χ2n) is 17.4. The fraction of sp³-hybridized carbons (Fsp3) is 0.269. The Morgan fingerprint density at radius 3 is 1.15 bits per heavy atom. The molecule has 0 bridgehead atoms. The molecule has 8 rings (SSSR count). The van der Waals surface area contributed by atoms with Crippen molar-refractivity contribution < 1.29 is 38.2 Å². The van der Waals surface area contributed by atoms with Crippen LogP contribution in [0, 0.1) is 39.5 Å². The molecule has 10 nitrogen and oxygen atoms in total. The molecule has 4 amide bonds. The van der Waals surface area contributed by atoms with Crippen molar-refractivity contribution in [2.24, 2.45) is 11.8 Å². The number of allylic oxidation sites excluding steroid dienone is 2. The maximum Gasteiger partial charge on any atom is 0.338 e. The summed E-state index contributed by atoms with van der Waals surface area (Å²) in [5.41, 5.74) is 11.8. The molecular formula is C52H48N2O8. The summed E-state index contributed by atoms with van der Waals surface area (Å²) in [4.78, 5) is 82.5. The number of hydrogen-bond donors (Lipinski definition) is 0. The maximum atomic E-state index is 14.0. The molecule has 10 heteroatoms. The normalized spacial score (nSPS) is 17.5. The van der Waals surface area contributed by atoms with E-state index < -0.39 is 11.9 Å². The number of hydrogen-bond acceptors (Lipinski definition) is 8. The van der Waals surface area contributed by atoms with Gasteiger partial charge in [0.05, 0.1) is 33.6 Å². The number of ether oxygens (including phenoxy) is 2. The van der Waals surface area contributed by atoms with Crippen molar-refractivity contribution in [3.05, 3.63) is 151 Å². The molecule has 2 aliphatic carbocycles. The number of anilines is 2. The highest BCUT2D eigenvalue weighted by Gasteiger charge is 2.41. The monoisotopic (exact) mass is 828 g/mol. The van der Waals surface area contributed by atoms with Crippen molar-refractivity contribution in [3.8, 4) is 11.5 Å². The lowest BCUT2D eigenvalue weighted by atomic mass is 9.76. The topological polar surface area (TPSA) is 127 Å². The number of nitrogens with zero attached hydrogens (tertiary/aromatic N) is 2. The molecule has 0 radical (unpaired) electrons. The van der Waals surface area contributed by atoms with E-state index in [9.17, 15) is 28.8 Å². The molecule has 2 heterocycles. The minimum absolute atomic E-state index is 0.229. The molecule has 62 heavy (non-hydrogen) atoms. The first-order valence-electron chi connectivity index (χ1n) is 20.8. The van der Waals surface area contributed by atoms with Crippen molar-refractivity contribution in [1.29, 1.82) is 0 Å². The number of esters is 2. The van der Waals surface area contributed by atoms with Gasteiger partial charge in [0, 0.05) is 11.1 Å². The van der Waals surface area contributed by atoms with E-state index >= 15 is 0 Å². The number of benzene rings is 4. The van der Waals surface area contributed by atoms with Crippen LogP contribution in [0.15, 0.2) is 84.0 Å². The molecule has 2 aliphatic heterocycles. The molecule has 0 aromatic heterocycles. The van der Waals surface area contributed by atoms with Gasteiger partial charge < -0.3 is 9.47 Å². The Hall–Kier alpha value is -6.94. The number of carbonyl (C=O) groups excluding carboxylic acids is 6. The smallest absolute Gasteiger partial charge is 0.338 e. The molecular weight excluding hydrogens is 781 g/mol. The summed E-state index contributed by atoms with van der Waals surface area (Å²) in [5.74, 6) is -1.54. The third kappa shape index (κ3) is 7.13. The van der Waals surface area contributed by atoms with Gasteiger partial charge in [0.15, 0.2) is 0 Å². The molecule has 1 unspecified atom stereocenters. The first-order valence-corrected chi connectivity index (χ1v) is 20.8. The standard InChI is InChI=1S/C52H48N2O8/c1-25(2)51(59)61-39-15-29(7)45(30(8)16-39)53-47(55)41-21-35-13-27(5)33(19-37(35)23-43(41)49(53)57)11-12-34-20-38-24-44-42(22-36(38)14-28(34)6)48(56)54(50(44)58)46-31(9)17-40(18-32(46)10)62-52(60)26(3)4/h13-18,21-24,33-34H,1,3,11-12,19-20H2,2,4-10H3/t33-,34?/m0/s1. The molecule has 0 spiro atoms. The van der Waals surface area contributed by atoms with E-state index in [2.05, 4.69) is 39.2 Å². The molecule has 0 fully saturated rings. The summed E-state index contributed by atoms with van der Waals surface area (Å²) in [6, 6.07) is 14.0.